The molecule has 0 atom stereocenters. The largest absolute Gasteiger partial charge is 0.492 e. The lowest BCUT2D eigenvalue weighted by molar-refractivity contribution is 0.342. The summed E-state index contributed by atoms with van der Waals surface area (Å²) in [6.07, 6.45) is 2.07. The molecule has 2 nitrogen and oxygen atoms in total. The zero-order chi connectivity index (χ0) is 9.68. The fourth-order valence-electron chi connectivity index (χ4n) is 1.01. The van der Waals surface area contributed by atoms with Gasteiger partial charge in [-0.2, -0.15) is 11.8 Å². The van der Waals surface area contributed by atoms with Gasteiger partial charge in [0, 0.05) is 17.5 Å². The summed E-state index contributed by atoms with van der Waals surface area (Å²) in [6.45, 7) is 2.76. The van der Waals surface area contributed by atoms with Crippen molar-refractivity contribution in [3.05, 3.63) is 23.8 Å². The second-order valence-corrected chi connectivity index (χ2v) is 3.85. The third kappa shape index (κ3) is 3.19. The Morgan fingerprint density at radius 3 is 2.92 bits per heavy atom. The number of thioether (sulfide) groups is 1. The van der Waals surface area contributed by atoms with E-state index in [4.69, 9.17) is 10.5 Å². The lowest BCUT2D eigenvalue weighted by Crippen LogP contribution is -2.01. The average molecular weight is 197 g/mol. The van der Waals surface area contributed by atoms with Crippen molar-refractivity contribution in [3.63, 3.8) is 0 Å². The van der Waals surface area contributed by atoms with Crippen molar-refractivity contribution in [2.75, 3.05) is 24.3 Å². The van der Waals surface area contributed by atoms with Crippen LogP contribution in [0.5, 0.6) is 5.75 Å². The van der Waals surface area contributed by atoms with Crippen LogP contribution in [0.2, 0.25) is 0 Å². The predicted molar refractivity (Wildman–Crippen MR) is 59.5 cm³/mol. The molecule has 1 rings (SSSR count). The monoisotopic (exact) mass is 197 g/mol. The van der Waals surface area contributed by atoms with Crippen LogP contribution in [0, 0.1) is 6.92 Å². The summed E-state index contributed by atoms with van der Waals surface area (Å²) >= 11 is 1.77. The van der Waals surface area contributed by atoms with Gasteiger partial charge in [-0.3, -0.25) is 0 Å². The standard InChI is InChI=1S/C10H15NOS/c1-8-3-4-9(11)7-10(8)12-5-6-13-2/h3-4,7H,5-6,11H2,1-2H3. The fourth-order valence-corrected chi connectivity index (χ4v) is 1.26. The molecule has 0 heterocycles. The van der Waals surface area contributed by atoms with E-state index < -0.39 is 0 Å². The molecule has 1 aromatic rings. The van der Waals surface area contributed by atoms with Gasteiger partial charge in [-0.1, -0.05) is 6.07 Å². The van der Waals surface area contributed by atoms with Gasteiger partial charge in [0.25, 0.3) is 0 Å². The van der Waals surface area contributed by atoms with Crippen LogP contribution in [0.1, 0.15) is 5.56 Å². The zero-order valence-electron chi connectivity index (χ0n) is 8.04. The molecule has 0 amide bonds. The number of ether oxygens (including phenoxy) is 1. The van der Waals surface area contributed by atoms with E-state index in [-0.39, 0.29) is 0 Å². The van der Waals surface area contributed by atoms with Gasteiger partial charge in [0.05, 0.1) is 6.61 Å². The van der Waals surface area contributed by atoms with Crippen LogP contribution < -0.4 is 10.5 Å². The first-order chi connectivity index (χ1) is 6.24. The maximum atomic E-state index is 5.65. The minimum atomic E-state index is 0.742. The number of anilines is 1. The molecule has 0 bridgehead atoms. The topological polar surface area (TPSA) is 35.2 Å². The number of nitrogens with two attached hydrogens (primary N) is 1. The Labute approximate surface area is 83.5 Å². The van der Waals surface area contributed by atoms with Crippen molar-refractivity contribution >= 4 is 17.4 Å². The number of rotatable bonds is 4. The lowest BCUT2D eigenvalue weighted by atomic mass is 10.2. The third-order valence-corrected chi connectivity index (χ3v) is 2.33. The van der Waals surface area contributed by atoms with Crippen molar-refractivity contribution in [1.82, 2.24) is 0 Å². The van der Waals surface area contributed by atoms with E-state index in [1.54, 1.807) is 11.8 Å². The average Bonchev–Trinajstić information content (AvgIpc) is 2.11. The quantitative estimate of drug-likeness (QED) is 0.594. The first-order valence-corrected chi connectivity index (χ1v) is 5.61. The van der Waals surface area contributed by atoms with Crippen LogP contribution in [-0.2, 0) is 0 Å². The van der Waals surface area contributed by atoms with Crippen molar-refractivity contribution in [1.29, 1.82) is 0 Å². The van der Waals surface area contributed by atoms with Crippen molar-refractivity contribution < 1.29 is 4.74 Å². The van der Waals surface area contributed by atoms with Gasteiger partial charge in [0.2, 0.25) is 0 Å². The highest BCUT2D eigenvalue weighted by molar-refractivity contribution is 7.98. The molecule has 0 spiro atoms. The van der Waals surface area contributed by atoms with Gasteiger partial charge in [-0.15, -0.1) is 0 Å². The molecule has 0 aliphatic heterocycles. The molecular weight excluding hydrogens is 182 g/mol. The van der Waals surface area contributed by atoms with Crippen molar-refractivity contribution in [2.24, 2.45) is 0 Å². The van der Waals surface area contributed by atoms with Crippen LogP contribution in [0.3, 0.4) is 0 Å². The molecule has 3 heteroatoms. The Morgan fingerprint density at radius 2 is 2.23 bits per heavy atom. The lowest BCUT2D eigenvalue weighted by Gasteiger charge is -2.08. The van der Waals surface area contributed by atoms with Crippen molar-refractivity contribution in [3.8, 4) is 5.75 Å². The third-order valence-electron chi connectivity index (χ3n) is 1.76. The Morgan fingerprint density at radius 1 is 1.46 bits per heavy atom. The van der Waals surface area contributed by atoms with E-state index in [1.165, 1.54) is 0 Å². The molecule has 0 fully saturated rings. The fraction of sp³-hybridized carbons (Fsp3) is 0.400. The number of aryl methyl sites for hydroxylation is 1. The van der Waals surface area contributed by atoms with Gasteiger partial charge >= 0.3 is 0 Å². The Balaban J connectivity index is 2.59. The first kappa shape index (κ1) is 10.3. The van der Waals surface area contributed by atoms with E-state index in [0.29, 0.717) is 0 Å². The first-order valence-electron chi connectivity index (χ1n) is 4.22. The predicted octanol–water partition coefficient (Wildman–Crippen LogP) is 2.32. The van der Waals surface area contributed by atoms with Gasteiger partial charge in [0.1, 0.15) is 5.75 Å². The zero-order valence-corrected chi connectivity index (χ0v) is 8.86. The normalized spacial score (nSPS) is 10.0. The highest BCUT2D eigenvalue weighted by atomic mass is 32.2. The molecular formula is C10H15NOS. The molecule has 0 radical (unpaired) electrons. The minimum absolute atomic E-state index is 0.742. The number of nitrogen functional groups attached to an aromatic ring is 1. The number of hydrogen-bond donors (Lipinski definition) is 1. The molecule has 13 heavy (non-hydrogen) atoms. The summed E-state index contributed by atoms with van der Waals surface area (Å²) < 4.78 is 5.56. The summed E-state index contributed by atoms with van der Waals surface area (Å²) in [7, 11) is 0. The molecule has 2 N–H and O–H groups in total. The van der Waals surface area contributed by atoms with Gasteiger partial charge in [-0.05, 0) is 24.8 Å². The summed E-state index contributed by atoms with van der Waals surface area (Å²) in [5.74, 6) is 1.91. The Bertz CT molecular complexity index is 276. The summed E-state index contributed by atoms with van der Waals surface area (Å²) in [6, 6.07) is 5.73. The molecule has 0 saturated carbocycles. The van der Waals surface area contributed by atoms with Crippen LogP contribution in [0.25, 0.3) is 0 Å². The SMILES string of the molecule is CSCCOc1cc(N)ccc1C. The van der Waals surface area contributed by atoms with E-state index in [9.17, 15) is 0 Å². The molecule has 0 aliphatic rings. The molecule has 0 aliphatic carbocycles. The number of benzene rings is 1. The van der Waals surface area contributed by atoms with Gasteiger partial charge in [0.15, 0.2) is 0 Å². The Kier molecular flexibility index (Phi) is 3.96. The van der Waals surface area contributed by atoms with Crippen LogP contribution in [-0.4, -0.2) is 18.6 Å². The number of hydrogen-bond acceptors (Lipinski definition) is 3. The van der Waals surface area contributed by atoms with Crippen molar-refractivity contribution in [2.45, 2.75) is 6.92 Å². The smallest absolute Gasteiger partial charge is 0.124 e. The Hall–Kier alpha value is -0.830. The maximum absolute atomic E-state index is 5.65. The van der Waals surface area contributed by atoms with Gasteiger partial charge < -0.3 is 10.5 Å². The van der Waals surface area contributed by atoms with E-state index >= 15 is 0 Å². The van der Waals surface area contributed by atoms with Crippen LogP contribution in [0.4, 0.5) is 5.69 Å². The molecule has 0 aromatic heterocycles. The van der Waals surface area contributed by atoms with Crippen LogP contribution >= 0.6 is 11.8 Å². The highest BCUT2D eigenvalue weighted by Crippen LogP contribution is 2.20. The van der Waals surface area contributed by atoms with E-state index in [2.05, 4.69) is 6.26 Å². The van der Waals surface area contributed by atoms with E-state index in [1.807, 2.05) is 25.1 Å². The molecule has 1 aromatic carbocycles. The maximum Gasteiger partial charge on any atom is 0.124 e. The summed E-state index contributed by atoms with van der Waals surface area (Å²) in [4.78, 5) is 0. The summed E-state index contributed by atoms with van der Waals surface area (Å²) in [5.41, 5.74) is 7.54. The van der Waals surface area contributed by atoms with E-state index in [0.717, 1.165) is 29.4 Å². The molecule has 0 unspecified atom stereocenters. The minimum Gasteiger partial charge on any atom is -0.492 e. The summed E-state index contributed by atoms with van der Waals surface area (Å²) in [5, 5.41) is 0. The molecule has 0 saturated heterocycles. The highest BCUT2D eigenvalue weighted by Gasteiger charge is 1.98. The second kappa shape index (κ2) is 5.02. The van der Waals surface area contributed by atoms with Crippen LogP contribution in [0.15, 0.2) is 18.2 Å². The van der Waals surface area contributed by atoms with Gasteiger partial charge in [-0.25, -0.2) is 0 Å². The second-order valence-electron chi connectivity index (χ2n) is 2.87. The molecule has 72 valence electrons.